The monoisotopic (exact) mass is 312 g/mol. The van der Waals surface area contributed by atoms with E-state index in [-0.39, 0.29) is 5.91 Å². The summed E-state index contributed by atoms with van der Waals surface area (Å²) in [5, 5.41) is 6.28. The van der Waals surface area contributed by atoms with Gasteiger partial charge in [0.1, 0.15) is 12.9 Å². The second kappa shape index (κ2) is 7.74. The number of rotatable bonds is 5. The maximum atomic E-state index is 12.1. The quantitative estimate of drug-likeness (QED) is 0.398. The van der Waals surface area contributed by atoms with Crippen LogP contribution in [0.1, 0.15) is 22.8 Å². The molecule has 0 spiro atoms. The van der Waals surface area contributed by atoms with E-state index < -0.39 is 5.97 Å². The predicted molar refractivity (Wildman–Crippen MR) is 86.7 cm³/mol. The Morgan fingerprint density at radius 3 is 2.26 bits per heavy atom. The van der Waals surface area contributed by atoms with E-state index in [2.05, 4.69) is 15.3 Å². The lowest BCUT2D eigenvalue weighted by molar-refractivity contribution is -0.114. The van der Waals surface area contributed by atoms with Crippen LogP contribution in [0.5, 0.6) is 5.75 Å². The summed E-state index contributed by atoms with van der Waals surface area (Å²) < 4.78 is 5.27. The topological polar surface area (TPSA) is 77.0 Å². The largest absolute Gasteiger partial charge is 0.423 e. The summed E-state index contributed by atoms with van der Waals surface area (Å²) in [4.78, 5) is 27.6. The van der Waals surface area contributed by atoms with E-state index in [0.717, 1.165) is 5.56 Å². The van der Waals surface area contributed by atoms with Crippen LogP contribution in [0, 0.1) is 0 Å². The normalized spacial score (nSPS) is 10.3. The Morgan fingerprint density at radius 2 is 1.70 bits per heavy atom. The number of esters is 1. The number of oxime groups is 1. The predicted octanol–water partition coefficient (Wildman–Crippen LogP) is 2.84. The van der Waals surface area contributed by atoms with Gasteiger partial charge in [-0.1, -0.05) is 17.3 Å². The minimum Gasteiger partial charge on any atom is -0.423 e. The van der Waals surface area contributed by atoms with Crippen LogP contribution in [-0.4, -0.2) is 25.2 Å². The van der Waals surface area contributed by atoms with Gasteiger partial charge in [-0.3, -0.25) is 4.79 Å². The second-order valence-electron chi connectivity index (χ2n) is 4.63. The zero-order valence-corrected chi connectivity index (χ0v) is 12.8. The molecule has 0 bridgehead atoms. The summed E-state index contributed by atoms with van der Waals surface area (Å²) in [6, 6.07) is 13.3. The van der Waals surface area contributed by atoms with Crippen molar-refractivity contribution in [3.63, 3.8) is 0 Å². The van der Waals surface area contributed by atoms with E-state index in [9.17, 15) is 9.59 Å². The summed E-state index contributed by atoms with van der Waals surface area (Å²) in [5.74, 6) is -0.228. The summed E-state index contributed by atoms with van der Waals surface area (Å²) in [6.45, 7) is 1.43. The average Bonchev–Trinajstić information content (AvgIpc) is 2.54. The molecule has 23 heavy (non-hydrogen) atoms. The van der Waals surface area contributed by atoms with Crippen molar-refractivity contribution >= 4 is 23.8 Å². The van der Waals surface area contributed by atoms with Crippen LogP contribution in [-0.2, 0) is 9.63 Å². The highest BCUT2D eigenvalue weighted by Crippen LogP contribution is 2.17. The van der Waals surface area contributed by atoms with E-state index in [1.165, 1.54) is 20.2 Å². The van der Waals surface area contributed by atoms with Gasteiger partial charge in [-0.2, -0.15) is 0 Å². The fraction of sp³-hybridized carbons (Fsp3) is 0.118. The molecule has 1 N–H and O–H groups in total. The molecule has 0 aliphatic carbocycles. The third kappa shape index (κ3) is 4.96. The fourth-order valence-corrected chi connectivity index (χ4v) is 1.79. The smallest absolute Gasteiger partial charge is 0.343 e. The first-order valence-corrected chi connectivity index (χ1v) is 6.85. The first-order valence-electron chi connectivity index (χ1n) is 6.85. The average molecular weight is 312 g/mol. The van der Waals surface area contributed by atoms with E-state index >= 15 is 0 Å². The molecule has 2 aromatic carbocycles. The molecule has 0 saturated heterocycles. The van der Waals surface area contributed by atoms with Gasteiger partial charge in [-0.25, -0.2) is 4.79 Å². The Hall–Kier alpha value is -3.15. The van der Waals surface area contributed by atoms with Crippen LogP contribution in [0.25, 0.3) is 0 Å². The molecule has 118 valence electrons. The number of nitrogens with one attached hydrogen (secondary N) is 1. The Kier molecular flexibility index (Phi) is 5.46. The number of benzene rings is 2. The van der Waals surface area contributed by atoms with Crippen LogP contribution in [0.4, 0.5) is 5.69 Å². The highest BCUT2D eigenvalue weighted by atomic mass is 16.6. The molecule has 0 atom stereocenters. The van der Waals surface area contributed by atoms with E-state index in [1.807, 2.05) is 0 Å². The van der Waals surface area contributed by atoms with Crippen molar-refractivity contribution < 1.29 is 19.2 Å². The number of nitrogens with zero attached hydrogens (tertiary/aromatic N) is 1. The Labute approximate surface area is 133 Å². The number of hydrogen-bond donors (Lipinski definition) is 1. The zero-order valence-electron chi connectivity index (χ0n) is 12.8. The van der Waals surface area contributed by atoms with E-state index in [1.54, 1.807) is 48.5 Å². The molecule has 6 nitrogen and oxygen atoms in total. The first kappa shape index (κ1) is 16.2. The standard InChI is InChI=1S/C17H16N2O4/c1-12(20)19-15-7-9-16(10-8-15)23-17(21)14-5-3-13(4-6-14)11-18-22-2/h3-11H,1-2H3,(H,19,20)/b18-11+. The SMILES string of the molecule is CO/N=C/c1ccc(C(=O)Oc2ccc(NC(C)=O)cc2)cc1. The Bertz CT molecular complexity index is 706. The highest BCUT2D eigenvalue weighted by molar-refractivity contribution is 5.92. The third-order valence-corrected chi connectivity index (χ3v) is 2.84. The summed E-state index contributed by atoms with van der Waals surface area (Å²) in [6.07, 6.45) is 1.54. The Morgan fingerprint density at radius 1 is 1.04 bits per heavy atom. The number of carbonyl (C=O) groups is 2. The van der Waals surface area contributed by atoms with Crippen molar-refractivity contribution in [2.45, 2.75) is 6.92 Å². The lowest BCUT2D eigenvalue weighted by Gasteiger charge is -2.06. The fourth-order valence-electron chi connectivity index (χ4n) is 1.79. The number of amides is 1. The van der Waals surface area contributed by atoms with Crippen LogP contribution < -0.4 is 10.1 Å². The molecule has 0 fully saturated rings. The van der Waals surface area contributed by atoms with Crippen molar-refractivity contribution in [3.8, 4) is 5.75 Å². The molecule has 0 saturated carbocycles. The molecule has 0 radical (unpaired) electrons. The summed E-state index contributed by atoms with van der Waals surface area (Å²) >= 11 is 0. The maximum Gasteiger partial charge on any atom is 0.343 e. The third-order valence-electron chi connectivity index (χ3n) is 2.84. The van der Waals surface area contributed by atoms with Crippen LogP contribution in [0.3, 0.4) is 0 Å². The van der Waals surface area contributed by atoms with Gasteiger partial charge in [0.25, 0.3) is 0 Å². The molecular formula is C17H16N2O4. The van der Waals surface area contributed by atoms with Gasteiger partial charge in [-0.05, 0) is 42.0 Å². The van der Waals surface area contributed by atoms with E-state index in [4.69, 9.17) is 4.74 Å². The van der Waals surface area contributed by atoms with Gasteiger partial charge in [-0.15, -0.1) is 0 Å². The van der Waals surface area contributed by atoms with Crippen molar-refractivity contribution in [1.82, 2.24) is 0 Å². The lowest BCUT2D eigenvalue weighted by atomic mass is 10.1. The molecule has 1 amide bonds. The van der Waals surface area contributed by atoms with Gasteiger partial charge in [0.2, 0.25) is 5.91 Å². The molecule has 0 aromatic heterocycles. The lowest BCUT2D eigenvalue weighted by Crippen LogP contribution is -2.09. The molecule has 0 heterocycles. The van der Waals surface area contributed by atoms with Crippen LogP contribution in [0.15, 0.2) is 53.7 Å². The van der Waals surface area contributed by atoms with Crippen LogP contribution >= 0.6 is 0 Å². The Balaban J connectivity index is 2.01. The number of ether oxygens (including phenoxy) is 1. The van der Waals surface area contributed by atoms with Gasteiger partial charge in [0.15, 0.2) is 0 Å². The molecule has 0 aliphatic heterocycles. The number of anilines is 1. The molecule has 6 heteroatoms. The first-order chi connectivity index (χ1) is 11.1. The molecular weight excluding hydrogens is 296 g/mol. The van der Waals surface area contributed by atoms with Crippen molar-refractivity contribution in [2.75, 3.05) is 12.4 Å². The molecule has 2 aromatic rings. The van der Waals surface area contributed by atoms with Gasteiger partial charge >= 0.3 is 5.97 Å². The van der Waals surface area contributed by atoms with Gasteiger partial charge in [0.05, 0.1) is 11.8 Å². The van der Waals surface area contributed by atoms with Crippen molar-refractivity contribution in [1.29, 1.82) is 0 Å². The second-order valence-corrected chi connectivity index (χ2v) is 4.63. The zero-order chi connectivity index (χ0) is 16.7. The van der Waals surface area contributed by atoms with Gasteiger partial charge in [0, 0.05) is 12.6 Å². The minimum absolute atomic E-state index is 0.160. The maximum absolute atomic E-state index is 12.1. The molecule has 2 rings (SSSR count). The number of carbonyl (C=O) groups excluding carboxylic acids is 2. The summed E-state index contributed by atoms with van der Waals surface area (Å²) in [5.41, 5.74) is 1.87. The van der Waals surface area contributed by atoms with Crippen molar-refractivity contribution in [2.24, 2.45) is 5.16 Å². The highest BCUT2D eigenvalue weighted by Gasteiger charge is 2.08. The van der Waals surface area contributed by atoms with Gasteiger partial charge < -0.3 is 14.9 Å². The molecule has 0 aliphatic rings. The summed E-state index contributed by atoms with van der Waals surface area (Å²) in [7, 11) is 1.46. The minimum atomic E-state index is -0.465. The van der Waals surface area contributed by atoms with Crippen LogP contribution in [0.2, 0.25) is 0 Å². The van der Waals surface area contributed by atoms with E-state index in [0.29, 0.717) is 17.0 Å². The number of hydrogen-bond acceptors (Lipinski definition) is 5. The molecule has 0 unspecified atom stereocenters. The van der Waals surface area contributed by atoms with Crippen molar-refractivity contribution in [3.05, 3.63) is 59.7 Å².